The van der Waals surface area contributed by atoms with Gasteiger partial charge in [-0.25, -0.2) is 19.9 Å². The second-order valence-corrected chi connectivity index (χ2v) is 6.27. The third-order valence-corrected chi connectivity index (χ3v) is 4.63. The van der Waals surface area contributed by atoms with Gasteiger partial charge in [0.05, 0.1) is 4.90 Å². The van der Waals surface area contributed by atoms with Crippen molar-refractivity contribution in [2.75, 3.05) is 11.9 Å². The molecule has 3 heterocycles. The number of rotatable bonds is 4. The molecule has 7 heteroatoms. The van der Waals surface area contributed by atoms with Crippen molar-refractivity contribution in [1.82, 2.24) is 19.9 Å². The van der Waals surface area contributed by atoms with E-state index in [2.05, 4.69) is 37.4 Å². The summed E-state index contributed by atoms with van der Waals surface area (Å²) >= 11 is 1.70. The minimum absolute atomic E-state index is 0.597. The first kappa shape index (κ1) is 14.9. The number of nitrogens with zero attached hydrogens (tertiary/aromatic N) is 4. The van der Waals surface area contributed by atoms with Gasteiger partial charge >= 0.3 is 0 Å². The predicted octanol–water partition coefficient (Wildman–Crippen LogP) is 3.42. The lowest BCUT2D eigenvalue weighted by atomic mass is 10.1. The van der Waals surface area contributed by atoms with Gasteiger partial charge in [-0.3, -0.25) is 0 Å². The molecule has 2 aromatic heterocycles. The van der Waals surface area contributed by atoms with E-state index in [1.54, 1.807) is 24.2 Å². The minimum atomic E-state index is 0.597. The molecule has 1 aliphatic rings. The van der Waals surface area contributed by atoms with Crippen molar-refractivity contribution in [2.45, 2.75) is 18.2 Å². The lowest BCUT2D eigenvalue weighted by Crippen LogP contribution is -2.08. The Kier molecular flexibility index (Phi) is 4.00. The summed E-state index contributed by atoms with van der Waals surface area (Å²) in [6.07, 6.45) is 5.65. The number of aromatic nitrogens is 4. The highest BCUT2D eigenvalue weighted by Crippen LogP contribution is 2.36. The zero-order valence-electron chi connectivity index (χ0n) is 13.1. The predicted molar refractivity (Wildman–Crippen MR) is 94.0 cm³/mol. The number of hydrogen-bond donors (Lipinski definition) is 1. The second kappa shape index (κ2) is 6.45. The second-order valence-electron chi connectivity index (χ2n) is 5.36. The molecular weight excluding hydrogens is 322 g/mol. The van der Waals surface area contributed by atoms with Crippen molar-refractivity contribution < 1.29 is 4.74 Å². The third kappa shape index (κ3) is 3.03. The van der Waals surface area contributed by atoms with Crippen LogP contribution in [0.4, 0.5) is 5.82 Å². The molecule has 4 rings (SSSR count). The summed E-state index contributed by atoms with van der Waals surface area (Å²) in [5.41, 5.74) is 2.53. The molecule has 1 N–H and O–H groups in total. The first-order chi connectivity index (χ1) is 11.8. The van der Waals surface area contributed by atoms with Gasteiger partial charge in [-0.15, -0.1) is 0 Å². The zero-order valence-corrected chi connectivity index (χ0v) is 13.9. The van der Waals surface area contributed by atoms with Crippen LogP contribution in [-0.2, 0) is 6.42 Å². The Labute approximate surface area is 143 Å². The highest BCUT2D eigenvalue weighted by Gasteiger charge is 2.11. The monoisotopic (exact) mass is 337 g/mol. The lowest BCUT2D eigenvalue weighted by Gasteiger charge is -2.16. The van der Waals surface area contributed by atoms with E-state index in [4.69, 9.17) is 4.74 Å². The van der Waals surface area contributed by atoms with Gasteiger partial charge in [0, 0.05) is 24.3 Å². The average Bonchev–Trinajstić information content (AvgIpc) is 2.62. The molecule has 0 radical (unpaired) electrons. The van der Waals surface area contributed by atoms with Crippen LogP contribution in [0.5, 0.6) is 5.75 Å². The van der Waals surface area contributed by atoms with Crippen LogP contribution in [0.3, 0.4) is 0 Å². The van der Waals surface area contributed by atoms with Gasteiger partial charge in [-0.2, -0.15) is 0 Å². The topological polar surface area (TPSA) is 72.8 Å². The molecule has 24 heavy (non-hydrogen) atoms. The van der Waals surface area contributed by atoms with Gasteiger partial charge in [0.25, 0.3) is 0 Å². The van der Waals surface area contributed by atoms with Crippen LogP contribution in [0.2, 0.25) is 0 Å². The van der Waals surface area contributed by atoms with Crippen LogP contribution >= 0.6 is 11.8 Å². The molecule has 1 aromatic carbocycles. The summed E-state index contributed by atoms with van der Waals surface area (Å²) in [6.45, 7) is 2.71. The van der Waals surface area contributed by atoms with Gasteiger partial charge in [0.2, 0.25) is 0 Å². The number of benzene rings is 1. The highest BCUT2D eigenvalue weighted by molar-refractivity contribution is 8.02. The minimum Gasteiger partial charge on any atom is -0.460 e. The van der Waals surface area contributed by atoms with Crippen LogP contribution in [0.25, 0.3) is 11.2 Å². The van der Waals surface area contributed by atoms with E-state index in [0.29, 0.717) is 17.0 Å². The van der Waals surface area contributed by atoms with E-state index in [-0.39, 0.29) is 0 Å². The molecule has 3 aromatic rings. The summed E-state index contributed by atoms with van der Waals surface area (Å²) in [4.78, 5) is 18.0. The lowest BCUT2D eigenvalue weighted by molar-refractivity contribution is 0.416. The summed E-state index contributed by atoms with van der Waals surface area (Å²) in [6, 6.07) is 6.29. The van der Waals surface area contributed by atoms with Crippen molar-refractivity contribution in [2.24, 2.45) is 0 Å². The fourth-order valence-electron chi connectivity index (χ4n) is 2.48. The number of anilines is 1. The molecule has 0 saturated heterocycles. The summed E-state index contributed by atoms with van der Waals surface area (Å²) in [7, 11) is 0. The van der Waals surface area contributed by atoms with Gasteiger partial charge in [-0.05, 0) is 31.0 Å². The summed E-state index contributed by atoms with van der Waals surface area (Å²) < 4.78 is 5.70. The average molecular weight is 337 g/mol. The SMILES string of the molecule is CC1=CSc2cc(CCNc3ncnc4nccnc34)ccc2O1. The molecule has 0 fully saturated rings. The van der Waals surface area contributed by atoms with Crippen LogP contribution in [0, 0.1) is 0 Å². The Morgan fingerprint density at radius 1 is 1.12 bits per heavy atom. The number of thioether (sulfide) groups is 1. The zero-order chi connectivity index (χ0) is 16.4. The Morgan fingerprint density at radius 2 is 2.04 bits per heavy atom. The fraction of sp³-hybridized carbons (Fsp3) is 0.176. The number of ether oxygens (including phenoxy) is 1. The van der Waals surface area contributed by atoms with Gasteiger partial charge in [0.15, 0.2) is 11.5 Å². The van der Waals surface area contributed by atoms with Crippen LogP contribution in [0.1, 0.15) is 12.5 Å². The molecule has 6 nitrogen and oxygen atoms in total. The van der Waals surface area contributed by atoms with Crippen molar-refractivity contribution >= 4 is 28.7 Å². The number of nitrogens with one attached hydrogen (secondary N) is 1. The van der Waals surface area contributed by atoms with E-state index in [9.17, 15) is 0 Å². The maximum Gasteiger partial charge on any atom is 0.183 e. The van der Waals surface area contributed by atoms with Crippen molar-refractivity contribution in [3.05, 3.63) is 53.7 Å². The molecule has 0 unspecified atom stereocenters. The molecule has 120 valence electrons. The van der Waals surface area contributed by atoms with E-state index in [1.165, 1.54) is 11.9 Å². The van der Waals surface area contributed by atoms with E-state index in [1.807, 2.05) is 18.4 Å². The first-order valence-electron chi connectivity index (χ1n) is 7.59. The Morgan fingerprint density at radius 3 is 3.00 bits per heavy atom. The van der Waals surface area contributed by atoms with Crippen molar-refractivity contribution in [1.29, 1.82) is 0 Å². The summed E-state index contributed by atoms with van der Waals surface area (Å²) in [5, 5.41) is 5.34. The Balaban J connectivity index is 1.45. The number of allylic oxidation sites excluding steroid dienone is 1. The molecule has 0 aliphatic carbocycles. The van der Waals surface area contributed by atoms with Gasteiger partial charge in [-0.1, -0.05) is 17.8 Å². The maximum atomic E-state index is 5.70. The normalized spacial score (nSPS) is 13.1. The van der Waals surface area contributed by atoms with Crippen molar-refractivity contribution in [3.8, 4) is 5.75 Å². The molecule has 1 aliphatic heterocycles. The molecular formula is C17H15N5OS. The Bertz CT molecular complexity index is 923. The Hall–Kier alpha value is -2.67. The number of fused-ring (bicyclic) bond motifs is 2. The smallest absolute Gasteiger partial charge is 0.183 e. The molecule has 0 spiro atoms. The highest BCUT2D eigenvalue weighted by atomic mass is 32.2. The molecule has 0 atom stereocenters. The quantitative estimate of drug-likeness (QED) is 0.782. The van der Waals surface area contributed by atoms with Gasteiger partial charge in [0.1, 0.15) is 23.4 Å². The van der Waals surface area contributed by atoms with Crippen LogP contribution in [-0.4, -0.2) is 26.5 Å². The fourth-order valence-corrected chi connectivity index (χ4v) is 3.26. The molecule has 0 saturated carbocycles. The molecule has 0 bridgehead atoms. The van der Waals surface area contributed by atoms with Crippen LogP contribution < -0.4 is 10.1 Å². The van der Waals surface area contributed by atoms with Gasteiger partial charge < -0.3 is 10.1 Å². The van der Waals surface area contributed by atoms with Crippen LogP contribution in [0.15, 0.2) is 53.0 Å². The summed E-state index contributed by atoms with van der Waals surface area (Å²) in [5.74, 6) is 2.56. The maximum absolute atomic E-state index is 5.70. The van der Waals surface area contributed by atoms with E-state index >= 15 is 0 Å². The largest absolute Gasteiger partial charge is 0.460 e. The van der Waals surface area contributed by atoms with E-state index in [0.717, 1.165) is 29.4 Å². The van der Waals surface area contributed by atoms with E-state index < -0.39 is 0 Å². The first-order valence-corrected chi connectivity index (χ1v) is 8.47. The van der Waals surface area contributed by atoms with Crippen molar-refractivity contribution in [3.63, 3.8) is 0 Å². The molecule has 0 amide bonds. The third-order valence-electron chi connectivity index (χ3n) is 3.61. The standard InChI is InChI=1S/C17H15N5OS/c1-11-9-24-14-8-12(2-3-13(14)23-11)4-5-19-16-15-17(22-10-21-16)20-7-6-18-15/h2-3,6-10H,4-5H2,1H3,(H,19,20,21,22). The number of hydrogen-bond acceptors (Lipinski definition) is 7.